The van der Waals surface area contributed by atoms with Crippen molar-refractivity contribution in [1.29, 1.82) is 0 Å². The lowest BCUT2D eigenvalue weighted by Gasteiger charge is -2.03. The highest BCUT2D eigenvalue weighted by Crippen LogP contribution is 2.26. The summed E-state index contributed by atoms with van der Waals surface area (Å²) in [4.78, 5) is 6.78. The third-order valence-electron chi connectivity index (χ3n) is 2.18. The molecule has 1 heterocycles. The maximum atomic E-state index is 12.2. The quantitative estimate of drug-likeness (QED) is 0.779. The minimum Gasteiger partial charge on any atom is -0.361 e. The number of aromatic amines is 1. The van der Waals surface area contributed by atoms with Gasteiger partial charge in [-0.3, -0.25) is 4.94 Å². The Hall–Kier alpha value is -1.22. The van der Waals surface area contributed by atoms with Crippen LogP contribution >= 0.6 is 11.6 Å². The Kier molecular flexibility index (Phi) is 2.59. The molecule has 0 spiro atoms. The third kappa shape index (κ3) is 1.55. The topological polar surface area (TPSA) is 25.0 Å². The first kappa shape index (κ1) is 9.34. The van der Waals surface area contributed by atoms with Gasteiger partial charge in [0.1, 0.15) is 0 Å². The smallest absolute Gasteiger partial charge is 0.177 e. The Morgan fingerprint density at radius 2 is 2.29 bits per heavy atom. The number of alkyl halides is 1. The van der Waals surface area contributed by atoms with Gasteiger partial charge in [-0.15, -0.1) is 11.6 Å². The molecule has 14 heavy (non-hydrogen) atoms. The number of hydrogen-bond donors (Lipinski definition) is 1. The maximum absolute atomic E-state index is 12.2. The van der Waals surface area contributed by atoms with Crippen molar-refractivity contribution in [3.05, 3.63) is 30.0 Å². The Morgan fingerprint density at radius 1 is 1.43 bits per heavy atom. The van der Waals surface area contributed by atoms with E-state index in [1.54, 1.807) is 12.3 Å². The number of benzene rings is 1. The number of rotatable bonds is 3. The number of fused-ring (bicyclic) bond motifs is 1. The van der Waals surface area contributed by atoms with Gasteiger partial charge >= 0.3 is 0 Å². The van der Waals surface area contributed by atoms with Crippen molar-refractivity contribution in [2.45, 2.75) is 6.42 Å². The van der Waals surface area contributed by atoms with Crippen molar-refractivity contribution in [3.63, 3.8) is 0 Å². The molecule has 0 aliphatic heterocycles. The minimum atomic E-state index is 0.237. The van der Waals surface area contributed by atoms with Crippen molar-refractivity contribution in [3.8, 4) is 5.75 Å². The first-order chi connectivity index (χ1) is 6.85. The maximum Gasteiger partial charge on any atom is 0.177 e. The van der Waals surface area contributed by atoms with Gasteiger partial charge in [0.05, 0.1) is 0 Å². The Labute approximate surface area is 85.5 Å². The Morgan fingerprint density at radius 3 is 3.00 bits per heavy atom. The summed E-state index contributed by atoms with van der Waals surface area (Å²) < 4.78 is 12.2. The molecule has 0 amide bonds. The summed E-state index contributed by atoms with van der Waals surface area (Å²) in [6, 6.07) is 5.44. The summed E-state index contributed by atoms with van der Waals surface area (Å²) in [7, 11) is 0. The first-order valence-electron chi connectivity index (χ1n) is 4.29. The summed E-state index contributed by atoms with van der Waals surface area (Å²) in [6.45, 7) is 0. The van der Waals surface area contributed by atoms with Gasteiger partial charge in [0.2, 0.25) is 0 Å². The van der Waals surface area contributed by atoms with Crippen molar-refractivity contribution in [2.24, 2.45) is 0 Å². The van der Waals surface area contributed by atoms with E-state index in [0.717, 1.165) is 16.5 Å². The molecule has 1 N–H and O–H groups in total. The summed E-state index contributed by atoms with van der Waals surface area (Å²) in [6.07, 6.45) is 2.40. The lowest BCUT2D eigenvalue weighted by molar-refractivity contribution is -0.00709. The molecule has 4 heteroatoms. The molecule has 0 unspecified atom stereocenters. The van der Waals surface area contributed by atoms with Gasteiger partial charge in [0.25, 0.3) is 0 Å². The van der Waals surface area contributed by atoms with Crippen LogP contribution in [0.5, 0.6) is 5.75 Å². The van der Waals surface area contributed by atoms with Crippen LogP contribution in [0.3, 0.4) is 0 Å². The zero-order valence-electron chi connectivity index (χ0n) is 7.39. The second kappa shape index (κ2) is 3.88. The number of aromatic nitrogens is 1. The van der Waals surface area contributed by atoms with Gasteiger partial charge < -0.3 is 4.98 Å². The molecular weight excluding hydrogens is 205 g/mol. The van der Waals surface area contributed by atoms with E-state index in [1.807, 2.05) is 12.1 Å². The standard InChI is InChI=1S/C10H9ClFNO/c11-3-1-8-5-7-2-4-13-9(7)6-10(8)14-12/h2,4-6,13H,1,3H2. The van der Waals surface area contributed by atoms with Crippen molar-refractivity contribution in [1.82, 2.24) is 4.98 Å². The van der Waals surface area contributed by atoms with Crippen molar-refractivity contribution >= 4 is 22.5 Å². The van der Waals surface area contributed by atoms with Gasteiger partial charge in [-0.05, 0) is 23.9 Å². The molecule has 1 aromatic heterocycles. The van der Waals surface area contributed by atoms with Gasteiger partial charge in [-0.2, -0.15) is 0 Å². The molecular formula is C10H9ClFNO. The van der Waals surface area contributed by atoms with E-state index < -0.39 is 0 Å². The van der Waals surface area contributed by atoms with Crippen LogP contribution < -0.4 is 4.94 Å². The summed E-state index contributed by atoms with van der Waals surface area (Å²) in [5, 5.41) is 1.03. The molecule has 1 aromatic carbocycles. The molecule has 0 aliphatic carbocycles. The van der Waals surface area contributed by atoms with Crippen molar-refractivity contribution in [2.75, 3.05) is 5.88 Å². The number of hydrogen-bond acceptors (Lipinski definition) is 1. The molecule has 2 rings (SSSR count). The molecule has 0 bridgehead atoms. The number of aryl methyl sites for hydroxylation is 1. The minimum absolute atomic E-state index is 0.237. The highest BCUT2D eigenvalue weighted by molar-refractivity contribution is 6.18. The summed E-state index contributed by atoms with van der Waals surface area (Å²) in [5.41, 5.74) is 1.64. The van der Waals surface area contributed by atoms with Crippen molar-refractivity contribution < 1.29 is 9.47 Å². The Bertz CT molecular complexity index is 441. The number of halogens is 2. The van der Waals surface area contributed by atoms with Crippen LogP contribution in [0.4, 0.5) is 4.53 Å². The van der Waals surface area contributed by atoms with E-state index in [4.69, 9.17) is 11.6 Å². The van der Waals surface area contributed by atoms with E-state index in [9.17, 15) is 4.53 Å². The second-order valence-corrected chi connectivity index (χ2v) is 3.42. The fraction of sp³-hybridized carbons (Fsp3) is 0.200. The highest BCUT2D eigenvalue weighted by atomic mass is 35.5. The van der Waals surface area contributed by atoms with Crippen LogP contribution in [0.1, 0.15) is 5.56 Å². The number of H-pyrrole nitrogens is 1. The molecule has 74 valence electrons. The van der Waals surface area contributed by atoms with Crippen LogP contribution in [0.15, 0.2) is 24.4 Å². The van der Waals surface area contributed by atoms with E-state index in [0.29, 0.717) is 12.3 Å². The summed E-state index contributed by atoms with van der Waals surface area (Å²) >= 11 is 5.60. The average molecular weight is 214 g/mol. The van der Waals surface area contributed by atoms with Crippen LogP contribution in [-0.2, 0) is 6.42 Å². The predicted octanol–water partition coefficient (Wildman–Crippen LogP) is 3.21. The molecule has 2 nitrogen and oxygen atoms in total. The van der Waals surface area contributed by atoms with Crippen LogP contribution in [-0.4, -0.2) is 10.9 Å². The lowest BCUT2D eigenvalue weighted by Crippen LogP contribution is -1.90. The second-order valence-electron chi connectivity index (χ2n) is 3.04. The molecule has 0 fully saturated rings. The van der Waals surface area contributed by atoms with E-state index in [1.165, 1.54) is 0 Å². The largest absolute Gasteiger partial charge is 0.361 e. The fourth-order valence-electron chi connectivity index (χ4n) is 1.50. The SMILES string of the molecule is FOc1cc2[nH]ccc2cc1CCCl. The van der Waals surface area contributed by atoms with E-state index >= 15 is 0 Å². The molecule has 0 saturated heterocycles. The van der Waals surface area contributed by atoms with Crippen LogP contribution in [0, 0.1) is 0 Å². The fourth-order valence-corrected chi connectivity index (χ4v) is 1.70. The van der Waals surface area contributed by atoms with Gasteiger partial charge in [-0.1, -0.05) is 0 Å². The number of nitrogens with one attached hydrogen (secondary N) is 1. The van der Waals surface area contributed by atoms with E-state index in [-0.39, 0.29) is 5.75 Å². The van der Waals surface area contributed by atoms with Crippen LogP contribution in [0.25, 0.3) is 10.9 Å². The van der Waals surface area contributed by atoms with Gasteiger partial charge in [-0.25, -0.2) is 0 Å². The van der Waals surface area contributed by atoms with Gasteiger partial charge in [0.15, 0.2) is 5.75 Å². The zero-order valence-corrected chi connectivity index (χ0v) is 8.14. The predicted molar refractivity (Wildman–Crippen MR) is 54.5 cm³/mol. The molecule has 0 radical (unpaired) electrons. The monoisotopic (exact) mass is 213 g/mol. The summed E-state index contributed by atoms with van der Waals surface area (Å²) in [5.74, 6) is 0.687. The van der Waals surface area contributed by atoms with Crippen LogP contribution in [0.2, 0.25) is 0 Å². The molecule has 2 aromatic rings. The molecule has 0 atom stereocenters. The first-order valence-corrected chi connectivity index (χ1v) is 4.83. The normalized spacial score (nSPS) is 10.7. The Balaban J connectivity index is 2.54. The van der Waals surface area contributed by atoms with E-state index in [2.05, 4.69) is 9.93 Å². The zero-order chi connectivity index (χ0) is 9.97. The average Bonchev–Trinajstić information content (AvgIpc) is 2.64. The highest BCUT2D eigenvalue weighted by Gasteiger charge is 2.07. The third-order valence-corrected chi connectivity index (χ3v) is 2.37. The lowest BCUT2D eigenvalue weighted by atomic mass is 10.1. The molecule has 0 saturated carbocycles. The molecule has 0 aliphatic rings. The van der Waals surface area contributed by atoms with Gasteiger partial charge in [0, 0.05) is 33.7 Å².